The van der Waals surface area contributed by atoms with Gasteiger partial charge in [-0.05, 0) is 0 Å². The topological polar surface area (TPSA) is 123 Å². The highest BCUT2D eigenvalue weighted by molar-refractivity contribution is 7.13. The predicted molar refractivity (Wildman–Crippen MR) is 75.6 cm³/mol. The maximum atomic E-state index is 12.0. The van der Waals surface area contributed by atoms with E-state index in [9.17, 15) is 9.90 Å². The number of hydrogen-bond acceptors (Lipinski definition) is 8. The van der Waals surface area contributed by atoms with Crippen molar-refractivity contribution in [2.75, 3.05) is 12.3 Å². The fourth-order valence-electron chi connectivity index (χ4n) is 2.26. The Bertz CT molecular complexity index is 687. The number of rotatable bonds is 3. The van der Waals surface area contributed by atoms with Gasteiger partial charge in [0.15, 0.2) is 0 Å². The summed E-state index contributed by atoms with van der Waals surface area (Å²) in [5.74, 6) is 0.100. The van der Waals surface area contributed by atoms with Crippen molar-refractivity contribution in [3.63, 3.8) is 0 Å². The summed E-state index contributed by atoms with van der Waals surface area (Å²) in [6, 6.07) is 0. The lowest BCUT2D eigenvalue weighted by Crippen LogP contribution is -2.28. The van der Waals surface area contributed by atoms with Crippen molar-refractivity contribution in [2.24, 2.45) is 0 Å². The number of anilines is 1. The molecular formula is C12H14N4O4S. The number of hydrogen-bond donors (Lipinski definition) is 3. The minimum atomic E-state index is -0.826. The largest absolute Gasteiger partial charge is 0.394 e. The standard InChI is InChI=1S/C12H14N4O4S/c13-10-6(11-14-1-2-21-11)4-16(12(19)15-10)9-3-7(18)8(5-17)20-9/h1-2,4,7-9,17-18H,3,5H2,(H2,13,15,19)/t7-,8+,9+/m0/s1. The predicted octanol–water partition coefficient (Wildman–Crippen LogP) is -0.410. The van der Waals surface area contributed by atoms with Gasteiger partial charge in [0.2, 0.25) is 0 Å². The molecule has 112 valence electrons. The molecule has 0 unspecified atom stereocenters. The Balaban J connectivity index is 2.00. The number of ether oxygens (including phenoxy) is 1. The Morgan fingerprint density at radius 2 is 2.38 bits per heavy atom. The van der Waals surface area contributed by atoms with E-state index in [-0.39, 0.29) is 18.8 Å². The maximum Gasteiger partial charge on any atom is 0.351 e. The molecule has 1 saturated heterocycles. The van der Waals surface area contributed by atoms with Gasteiger partial charge in [-0.2, -0.15) is 4.98 Å². The van der Waals surface area contributed by atoms with Gasteiger partial charge in [0.25, 0.3) is 0 Å². The average Bonchev–Trinajstić information content (AvgIpc) is 3.08. The van der Waals surface area contributed by atoms with E-state index < -0.39 is 24.1 Å². The number of nitrogen functional groups attached to an aromatic ring is 1. The van der Waals surface area contributed by atoms with E-state index in [1.54, 1.807) is 11.6 Å². The minimum Gasteiger partial charge on any atom is -0.394 e. The van der Waals surface area contributed by atoms with E-state index in [1.165, 1.54) is 22.1 Å². The van der Waals surface area contributed by atoms with E-state index in [0.717, 1.165) is 0 Å². The normalized spacial score (nSPS) is 25.3. The average molecular weight is 310 g/mol. The van der Waals surface area contributed by atoms with Crippen LogP contribution in [0.15, 0.2) is 22.6 Å². The van der Waals surface area contributed by atoms with Crippen molar-refractivity contribution in [1.82, 2.24) is 14.5 Å². The van der Waals surface area contributed by atoms with Gasteiger partial charge in [0.1, 0.15) is 23.2 Å². The van der Waals surface area contributed by atoms with Gasteiger partial charge in [-0.15, -0.1) is 11.3 Å². The Morgan fingerprint density at radius 3 is 3.00 bits per heavy atom. The van der Waals surface area contributed by atoms with Gasteiger partial charge in [-0.1, -0.05) is 0 Å². The van der Waals surface area contributed by atoms with Crippen LogP contribution in [0.25, 0.3) is 10.6 Å². The zero-order valence-electron chi connectivity index (χ0n) is 10.9. The Labute approximate surface area is 123 Å². The van der Waals surface area contributed by atoms with E-state index >= 15 is 0 Å². The zero-order valence-corrected chi connectivity index (χ0v) is 11.7. The smallest absolute Gasteiger partial charge is 0.351 e. The molecular weight excluding hydrogens is 296 g/mol. The number of aliphatic hydroxyl groups excluding tert-OH is 2. The van der Waals surface area contributed by atoms with E-state index in [4.69, 9.17) is 15.6 Å². The summed E-state index contributed by atoms with van der Waals surface area (Å²) in [5.41, 5.74) is 5.74. The SMILES string of the molecule is Nc1nc(=O)n([C@H]2C[C@H](O)[C@@H](CO)O2)cc1-c1nccs1. The second kappa shape index (κ2) is 5.53. The van der Waals surface area contributed by atoms with Crippen LogP contribution in [0.4, 0.5) is 5.82 Å². The molecule has 3 rings (SSSR count). The molecule has 4 N–H and O–H groups in total. The van der Waals surface area contributed by atoms with Crippen LogP contribution in [-0.4, -0.2) is 43.6 Å². The van der Waals surface area contributed by atoms with Crippen molar-refractivity contribution in [3.05, 3.63) is 28.3 Å². The third kappa shape index (κ3) is 2.56. The van der Waals surface area contributed by atoms with Crippen LogP contribution >= 0.6 is 11.3 Å². The van der Waals surface area contributed by atoms with Crippen molar-refractivity contribution in [2.45, 2.75) is 24.9 Å². The van der Waals surface area contributed by atoms with E-state index in [1.807, 2.05) is 0 Å². The molecule has 21 heavy (non-hydrogen) atoms. The third-order valence-corrected chi connectivity index (χ3v) is 4.14. The molecule has 8 nitrogen and oxygen atoms in total. The molecule has 2 aromatic rings. The Hall–Kier alpha value is -1.81. The number of nitrogens with two attached hydrogens (primary N) is 1. The molecule has 0 spiro atoms. The molecule has 0 aliphatic carbocycles. The first-order valence-electron chi connectivity index (χ1n) is 6.33. The summed E-state index contributed by atoms with van der Waals surface area (Å²) in [6.07, 6.45) is 1.15. The maximum absolute atomic E-state index is 12.0. The summed E-state index contributed by atoms with van der Waals surface area (Å²) >= 11 is 1.38. The van der Waals surface area contributed by atoms with Crippen molar-refractivity contribution < 1.29 is 14.9 Å². The molecule has 0 amide bonds. The molecule has 3 heterocycles. The van der Waals surface area contributed by atoms with Crippen LogP contribution in [0.1, 0.15) is 12.6 Å². The van der Waals surface area contributed by atoms with Crippen LogP contribution in [0.3, 0.4) is 0 Å². The van der Waals surface area contributed by atoms with E-state index in [0.29, 0.717) is 10.6 Å². The van der Waals surface area contributed by atoms with E-state index in [2.05, 4.69) is 9.97 Å². The number of aliphatic hydroxyl groups is 2. The molecule has 0 radical (unpaired) electrons. The van der Waals surface area contributed by atoms with Gasteiger partial charge in [-0.25, -0.2) is 9.78 Å². The number of thiazole rings is 1. The highest BCUT2D eigenvalue weighted by Gasteiger charge is 2.35. The molecule has 0 aromatic carbocycles. The van der Waals surface area contributed by atoms with Gasteiger partial charge >= 0.3 is 5.69 Å². The lowest BCUT2D eigenvalue weighted by Gasteiger charge is -2.15. The minimum absolute atomic E-state index is 0.100. The van der Waals surface area contributed by atoms with Crippen LogP contribution in [0.5, 0.6) is 0 Å². The lowest BCUT2D eigenvalue weighted by molar-refractivity contribution is -0.0458. The second-order valence-electron chi connectivity index (χ2n) is 4.68. The molecule has 9 heteroatoms. The van der Waals surface area contributed by atoms with Crippen molar-refractivity contribution >= 4 is 17.2 Å². The summed E-state index contributed by atoms with van der Waals surface area (Å²) < 4.78 is 6.74. The quantitative estimate of drug-likeness (QED) is 0.704. The number of nitrogens with zero attached hydrogens (tertiary/aromatic N) is 3. The second-order valence-corrected chi connectivity index (χ2v) is 5.58. The highest BCUT2D eigenvalue weighted by Crippen LogP contribution is 2.30. The fraction of sp³-hybridized carbons (Fsp3) is 0.417. The third-order valence-electron chi connectivity index (χ3n) is 3.34. The van der Waals surface area contributed by atoms with Crippen molar-refractivity contribution in [3.8, 4) is 10.6 Å². The molecule has 0 saturated carbocycles. The Kier molecular flexibility index (Phi) is 3.72. The molecule has 1 aliphatic heterocycles. The summed E-state index contributed by atoms with van der Waals surface area (Å²) in [6.45, 7) is -0.311. The van der Waals surface area contributed by atoms with Crippen molar-refractivity contribution in [1.29, 1.82) is 0 Å². The van der Waals surface area contributed by atoms with Crippen LogP contribution < -0.4 is 11.4 Å². The molecule has 3 atom stereocenters. The first kappa shape index (κ1) is 14.1. The lowest BCUT2D eigenvalue weighted by atomic mass is 10.2. The first-order chi connectivity index (χ1) is 10.1. The zero-order chi connectivity index (χ0) is 15.0. The highest BCUT2D eigenvalue weighted by atomic mass is 32.1. The Morgan fingerprint density at radius 1 is 1.57 bits per heavy atom. The van der Waals surface area contributed by atoms with Gasteiger partial charge < -0.3 is 20.7 Å². The molecule has 1 aliphatic rings. The fourth-order valence-corrected chi connectivity index (χ4v) is 2.92. The first-order valence-corrected chi connectivity index (χ1v) is 7.21. The van der Waals surface area contributed by atoms with Gasteiger partial charge in [-0.3, -0.25) is 4.57 Å². The molecule has 1 fully saturated rings. The molecule has 2 aromatic heterocycles. The van der Waals surface area contributed by atoms with Crippen LogP contribution in [0, 0.1) is 0 Å². The van der Waals surface area contributed by atoms with Gasteiger partial charge in [0, 0.05) is 24.2 Å². The molecule has 0 bridgehead atoms. The van der Waals surface area contributed by atoms with Crippen LogP contribution in [-0.2, 0) is 4.74 Å². The number of aromatic nitrogens is 3. The van der Waals surface area contributed by atoms with Crippen LogP contribution in [0.2, 0.25) is 0 Å². The summed E-state index contributed by atoms with van der Waals surface area (Å²) in [7, 11) is 0. The van der Waals surface area contributed by atoms with Gasteiger partial charge in [0.05, 0.1) is 18.3 Å². The monoisotopic (exact) mass is 310 g/mol. The summed E-state index contributed by atoms with van der Waals surface area (Å²) in [4.78, 5) is 19.9. The summed E-state index contributed by atoms with van der Waals surface area (Å²) in [5, 5.41) is 21.3.